The van der Waals surface area contributed by atoms with Gasteiger partial charge in [-0.2, -0.15) is 0 Å². The predicted molar refractivity (Wildman–Crippen MR) is 80.3 cm³/mol. The number of amidine groups is 1. The summed E-state index contributed by atoms with van der Waals surface area (Å²) in [6.07, 6.45) is 0. The molecule has 3 N–H and O–H groups in total. The molecule has 0 fully saturated rings. The van der Waals surface area contributed by atoms with Crippen LogP contribution in [-0.2, 0) is 0 Å². The lowest BCUT2D eigenvalue weighted by molar-refractivity contribution is 0.0754. The lowest BCUT2D eigenvalue weighted by atomic mass is 10.1. The molecule has 1 amide bonds. The van der Waals surface area contributed by atoms with Crippen LogP contribution < -0.4 is 5.73 Å². The van der Waals surface area contributed by atoms with Gasteiger partial charge in [0.25, 0.3) is 5.91 Å². The molecule has 0 aliphatic rings. The van der Waals surface area contributed by atoms with Gasteiger partial charge in [0.05, 0.1) is 10.6 Å². The number of carbonyl (C=O) groups is 1. The Kier molecular flexibility index (Phi) is 5.82. The number of oxime groups is 1. The maximum atomic E-state index is 12.5. The zero-order valence-corrected chi connectivity index (χ0v) is 12.7. The predicted octanol–water partition coefficient (Wildman–Crippen LogP) is 2.49. The van der Waals surface area contributed by atoms with Gasteiger partial charge in [0.2, 0.25) is 0 Å². The van der Waals surface area contributed by atoms with Crippen LogP contribution in [0.3, 0.4) is 0 Å². The molecule has 6 heteroatoms. The normalized spacial score (nSPS) is 13.1. The van der Waals surface area contributed by atoms with E-state index in [-0.39, 0.29) is 17.7 Å². The minimum absolute atomic E-state index is 0.103. The highest BCUT2D eigenvalue weighted by molar-refractivity contribution is 6.33. The van der Waals surface area contributed by atoms with Crippen LogP contribution in [0.2, 0.25) is 5.02 Å². The highest BCUT2D eigenvalue weighted by Gasteiger charge is 2.20. The Hall–Kier alpha value is -1.75. The summed E-state index contributed by atoms with van der Waals surface area (Å²) in [6.45, 7) is 6.47. The van der Waals surface area contributed by atoms with E-state index in [1.165, 1.54) is 0 Å². The summed E-state index contributed by atoms with van der Waals surface area (Å²) in [5.74, 6) is -0.283. The lowest BCUT2D eigenvalue weighted by Gasteiger charge is -2.24. The van der Waals surface area contributed by atoms with Crippen LogP contribution in [0.15, 0.2) is 23.4 Å². The molecule has 20 heavy (non-hydrogen) atoms. The molecule has 1 aromatic carbocycles. The first-order valence-corrected chi connectivity index (χ1v) is 6.81. The zero-order chi connectivity index (χ0) is 15.3. The van der Waals surface area contributed by atoms with E-state index in [4.69, 9.17) is 22.5 Å². The van der Waals surface area contributed by atoms with Crippen molar-refractivity contribution in [2.24, 2.45) is 16.8 Å². The van der Waals surface area contributed by atoms with Gasteiger partial charge in [0, 0.05) is 19.0 Å². The van der Waals surface area contributed by atoms with Gasteiger partial charge in [-0.25, -0.2) is 0 Å². The van der Waals surface area contributed by atoms with E-state index in [0.29, 0.717) is 23.7 Å². The Morgan fingerprint density at radius 1 is 1.55 bits per heavy atom. The van der Waals surface area contributed by atoms with Crippen LogP contribution >= 0.6 is 11.6 Å². The van der Waals surface area contributed by atoms with Crippen molar-refractivity contribution < 1.29 is 10.0 Å². The Balaban J connectivity index is 2.92. The summed E-state index contributed by atoms with van der Waals surface area (Å²) in [5, 5.41) is 12.1. The number of carbonyl (C=O) groups excluding carboxylic acids is 1. The number of nitrogens with zero attached hydrogens (tertiary/aromatic N) is 2. The smallest absolute Gasteiger partial charge is 0.255 e. The van der Waals surface area contributed by atoms with Gasteiger partial charge in [0.15, 0.2) is 0 Å². The standard InChI is InChI=1S/C14H20ClN3O2/c1-4-18(8-10(3)13(16)17-20)14(19)11-6-5-9(2)7-12(11)15/h5-7,10,20H,4,8H2,1-3H3,(H2,16,17). The number of benzene rings is 1. The molecule has 0 bridgehead atoms. The Morgan fingerprint density at radius 2 is 2.20 bits per heavy atom. The highest BCUT2D eigenvalue weighted by atomic mass is 35.5. The molecule has 1 unspecified atom stereocenters. The Morgan fingerprint density at radius 3 is 2.70 bits per heavy atom. The molecule has 0 heterocycles. The average molecular weight is 298 g/mol. The van der Waals surface area contributed by atoms with E-state index in [9.17, 15) is 4.79 Å². The topological polar surface area (TPSA) is 78.9 Å². The van der Waals surface area contributed by atoms with Crippen LogP contribution in [0.4, 0.5) is 0 Å². The number of amides is 1. The van der Waals surface area contributed by atoms with Gasteiger partial charge in [-0.3, -0.25) is 4.79 Å². The highest BCUT2D eigenvalue weighted by Crippen LogP contribution is 2.20. The molecule has 5 nitrogen and oxygen atoms in total. The molecule has 0 saturated carbocycles. The van der Waals surface area contributed by atoms with Gasteiger partial charge < -0.3 is 15.8 Å². The van der Waals surface area contributed by atoms with Crippen molar-refractivity contribution in [3.8, 4) is 0 Å². The van der Waals surface area contributed by atoms with Crippen molar-refractivity contribution in [2.75, 3.05) is 13.1 Å². The molecular weight excluding hydrogens is 278 g/mol. The van der Waals surface area contributed by atoms with Crippen LogP contribution in [0, 0.1) is 12.8 Å². The van der Waals surface area contributed by atoms with E-state index in [0.717, 1.165) is 5.56 Å². The first-order chi connectivity index (χ1) is 9.40. The van der Waals surface area contributed by atoms with Crippen molar-refractivity contribution in [3.63, 3.8) is 0 Å². The largest absolute Gasteiger partial charge is 0.409 e. The van der Waals surface area contributed by atoms with Crippen LogP contribution in [0.5, 0.6) is 0 Å². The van der Waals surface area contributed by atoms with Crippen LogP contribution in [0.1, 0.15) is 29.8 Å². The lowest BCUT2D eigenvalue weighted by Crippen LogP contribution is -2.38. The van der Waals surface area contributed by atoms with Gasteiger partial charge in [0.1, 0.15) is 5.84 Å². The van der Waals surface area contributed by atoms with Gasteiger partial charge in [-0.15, -0.1) is 0 Å². The van der Waals surface area contributed by atoms with Crippen molar-refractivity contribution in [3.05, 3.63) is 34.3 Å². The molecule has 0 spiro atoms. The summed E-state index contributed by atoms with van der Waals surface area (Å²) in [6, 6.07) is 5.33. The number of hydrogen-bond donors (Lipinski definition) is 2. The summed E-state index contributed by atoms with van der Waals surface area (Å²) >= 11 is 6.12. The molecule has 110 valence electrons. The number of aryl methyl sites for hydroxylation is 1. The summed E-state index contributed by atoms with van der Waals surface area (Å²) in [5.41, 5.74) is 7.01. The van der Waals surface area contributed by atoms with E-state index in [1.54, 1.807) is 24.0 Å². The quantitative estimate of drug-likeness (QED) is 0.379. The molecular formula is C14H20ClN3O2. The summed E-state index contributed by atoms with van der Waals surface area (Å²) < 4.78 is 0. The fraction of sp³-hybridized carbons (Fsp3) is 0.429. The first kappa shape index (κ1) is 16.3. The maximum absolute atomic E-state index is 12.5. The zero-order valence-electron chi connectivity index (χ0n) is 11.9. The molecule has 0 aromatic heterocycles. The van der Waals surface area contributed by atoms with E-state index in [2.05, 4.69) is 5.16 Å². The third-order valence-electron chi connectivity index (χ3n) is 3.14. The van der Waals surface area contributed by atoms with Crippen molar-refractivity contribution in [1.29, 1.82) is 0 Å². The molecule has 0 radical (unpaired) electrons. The second-order valence-corrected chi connectivity index (χ2v) is 5.16. The molecule has 1 aromatic rings. The van der Waals surface area contributed by atoms with E-state index in [1.807, 2.05) is 19.9 Å². The third kappa shape index (κ3) is 3.87. The van der Waals surface area contributed by atoms with Crippen LogP contribution in [0.25, 0.3) is 0 Å². The number of nitrogens with two attached hydrogens (primary N) is 1. The minimum Gasteiger partial charge on any atom is -0.409 e. The SMILES string of the molecule is CCN(CC(C)/C(N)=N/O)C(=O)c1ccc(C)cc1Cl. The Bertz CT molecular complexity index is 517. The second kappa shape index (κ2) is 7.14. The van der Waals surface area contributed by atoms with Crippen molar-refractivity contribution in [1.82, 2.24) is 4.90 Å². The van der Waals surface area contributed by atoms with Gasteiger partial charge in [-0.1, -0.05) is 29.7 Å². The van der Waals surface area contributed by atoms with Gasteiger partial charge >= 0.3 is 0 Å². The second-order valence-electron chi connectivity index (χ2n) is 4.75. The van der Waals surface area contributed by atoms with Crippen molar-refractivity contribution >= 4 is 23.3 Å². The van der Waals surface area contributed by atoms with E-state index < -0.39 is 0 Å². The summed E-state index contributed by atoms with van der Waals surface area (Å²) in [7, 11) is 0. The van der Waals surface area contributed by atoms with Crippen molar-refractivity contribution in [2.45, 2.75) is 20.8 Å². The summed E-state index contributed by atoms with van der Waals surface area (Å²) in [4.78, 5) is 14.1. The molecule has 0 aliphatic carbocycles. The van der Waals surface area contributed by atoms with Crippen LogP contribution in [-0.4, -0.2) is 34.9 Å². The average Bonchev–Trinajstić information content (AvgIpc) is 2.42. The molecule has 1 atom stereocenters. The van der Waals surface area contributed by atoms with Gasteiger partial charge in [-0.05, 0) is 31.5 Å². The third-order valence-corrected chi connectivity index (χ3v) is 3.45. The molecule has 0 saturated heterocycles. The number of rotatable bonds is 5. The number of hydrogen-bond acceptors (Lipinski definition) is 3. The fourth-order valence-corrected chi connectivity index (χ4v) is 2.16. The first-order valence-electron chi connectivity index (χ1n) is 6.43. The fourth-order valence-electron chi connectivity index (χ4n) is 1.84. The molecule has 1 rings (SSSR count). The minimum atomic E-state index is -0.229. The Labute approximate surface area is 124 Å². The maximum Gasteiger partial charge on any atom is 0.255 e. The van der Waals surface area contributed by atoms with E-state index >= 15 is 0 Å². The monoisotopic (exact) mass is 297 g/mol. The molecule has 0 aliphatic heterocycles. The number of halogens is 1.